The van der Waals surface area contributed by atoms with E-state index in [-0.39, 0.29) is 11.3 Å². The molecule has 58 heavy (non-hydrogen) atoms. The molecule has 0 fully saturated rings. The number of ether oxygens (including phenoxy) is 3. The average Bonchev–Trinajstić information content (AvgIpc) is 3.21. The fourth-order valence-corrected chi connectivity index (χ4v) is 7.62. The van der Waals surface area contributed by atoms with Gasteiger partial charge in [0.1, 0.15) is 34.5 Å². The summed E-state index contributed by atoms with van der Waals surface area (Å²) in [5.41, 5.74) is 43.2. The summed E-state index contributed by atoms with van der Waals surface area (Å²) in [7, 11) is 0. The molecule has 0 amide bonds. The van der Waals surface area contributed by atoms with Crippen molar-refractivity contribution >= 4 is 34.1 Å². The van der Waals surface area contributed by atoms with Gasteiger partial charge in [0.15, 0.2) is 0 Å². The van der Waals surface area contributed by atoms with Crippen molar-refractivity contribution in [3.63, 3.8) is 0 Å². The van der Waals surface area contributed by atoms with Crippen molar-refractivity contribution in [2.24, 2.45) is 5.92 Å². The van der Waals surface area contributed by atoms with Crippen molar-refractivity contribution in [3.05, 3.63) is 186 Å². The fraction of sp³-hybridized carbons (Fsp3) is 0.143. The van der Waals surface area contributed by atoms with Gasteiger partial charge >= 0.3 is 0 Å². The highest BCUT2D eigenvalue weighted by Gasteiger charge is 2.39. The van der Waals surface area contributed by atoms with E-state index in [4.69, 9.17) is 48.6 Å². The Labute approximate surface area is 340 Å². The van der Waals surface area contributed by atoms with Crippen molar-refractivity contribution in [1.82, 2.24) is 0 Å². The maximum absolute atomic E-state index is 6.23. The summed E-state index contributed by atoms with van der Waals surface area (Å²) in [4.78, 5) is 0. The number of hydrogen-bond donors (Lipinski definition) is 6. The van der Waals surface area contributed by atoms with Crippen molar-refractivity contribution in [2.75, 3.05) is 34.4 Å². The van der Waals surface area contributed by atoms with Crippen LogP contribution in [-0.2, 0) is 10.8 Å². The van der Waals surface area contributed by atoms with E-state index in [2.05, 4.69) is 93.6 Å². The molecule has 2 atom stereocenters. The maximum Gasteiger partial charge on any atom is 0.150 e. The van der Waals surface area contributed by atoms with Gasteiger partial charge in [-0.1, -0.05) is 80.6 Å². The van der Waals surface area contributed by atoms with E-state index in [0.29, 0.717) is 69.3 Å². The SMILES string of the molecule is CC=CC(c1ccc(Oc2ccc(N)cc2N)cc1)(c1ccc(C(C)(C)c2ccc(Oc3ccc(N)cc3N)cc2)cc1)C1C=CC(Oc2ccc(N)cc2N)=CC1. The molecule has 0 heterocycles. The first-order chi connectivity index (χ1) is 27.8. The summed E-state index contributed by atoms with van der Waals surface area (Å²) in [6.45, 7) is 6.51. The van der Waals surface area contributed by atoms with E-state index in [1.165, 1.54) is 5.56 Å². The molecule has 0 aromatic heterocycles. The van der Waals surface area contributed by atoms with Crippen LogP contribution in [0.2, 0.25) is 0 Å². The van der Waals surface area contributed by atoms with Gasteiger partial charge in [0.2, 0.25) is 0 Å². The average molecular weight is 771 g/mol. The molecular weight excluding hydrogens is 721 g/mol. The van der Waals surface area contributed by atoms with Gasteiger partial charge in [0, 0.05) is 27.9 Å². The summed E-state index contributed by atoms with van der Waals surface area (Å²) in [5.74, 6) is 3.77. The largest absolute Gasteiger partial charge is 0.456 e. The molecule has 1 aliphatic rings. The van der Waals surface area contributed by atoms with Gasteiger partial charge in [0.25, 0.3) is 0 Å². The highest BCUT2D eigenvalue weighted by atomic mass is 16.5. The molecule has 294 valence electrons. The number of anilines is 6. The van der Waals surface area contributed by atoms with Gasteiger partial charge in [-0.2, -0.15) is 0 Å². The second-order valence-corrected chi connectivity index (χ2v) is 15.1. The van der Waals surface area contributed by atoms with Gasteiger partial charge in [-0.05, 0) is 133 Å². The molecule has 6 aromatic carbocycles. The standard InChI is InChI=1S/C49H50N6O3/c1-4-27-49(34-11-20-40(21-12-34)57-46-25-16-37(51)29-43(46)54,35-13-22-41(23-14-35)58-47-26-17-38(52)30-44(47)55)33-7-5-31(6-8-33)48(2,3)32-9-18-39(19-10-32)56-45-24-15-36(50)28-42(45)53/h4-13,15-30,35H,14,50-55H2,1-3H3. The number of hydrogen-bond acceptors (Lipinski definition) is 9. The number of benzene rings is 6. The number of nitrogen functional groups attached to an aromatic ring is 6. The lowest BCUT2D eigenvalue weighted by Crippen LogP contribution is -2.34. The molecule has 0 aliphatic heterocycles. The van der Waals surface area contributed by atoms with Crippen LogP contribution in [0.3, 0.4) is 0 Å². The third-order valence-corrected chi connectivity index (χ3v) is 10.9. The molecule has 0 bridgehead atoms. The predicted molar refractivity (Wildman–Crippen MR) is 239 cm³/mol. The van der Waals surface area contributed by atoms with Crippen molar-refractivity contribution in [2.45, 2.75) is 38.0 Å². The molecule has 0 spiro atoms. The van der Waals surface area contributed by atoms with Crippen LogP contribution in [0.15, 0.2) is 164 Å². The Kier molecular flexibility index (Phi) is 10.8. The van der Waals surface area contributed by atoms with E-state index in [9.17, 15) is 0 Å². The predicted octanol–water partition coefficient (Wildman–Crippen LogP) is 10.5. The molecule has 12 N–H and O–H groups in total. The summed E-state index contributed by atoms with van der Waals surface area (Å²) in [5, 5.41) is 0. The zero-order valence-corrected chi connectivity index (χ0v) is 33.0. The van der Waals surface area contributed by atoms with Gasteiger partial charge in [-0.3, -0.25) is 0 Å². The highest BCUT2D eigenvalue weighted by Crippen LogP contribution is 2.47. The van der Waals surface area contributed by atoms with E-state index in [0.717, 1.165) is 22.4 Å². The van der Waals surface area contributed by atoms with Crippen LogP contribution in [0.5, 0.6) is 28.7 Å². The molecule has 1 aliphatic carbocycles. The Morgan fingerprint density at radius 3 is 1.31 bits per heavy atom. The molecule has 2 unspecified atom stereocenters. The third-order valence-electron chi connectivity index (χ3n) is 10.9. The zero-order valence-electron chi connectivity index (χ0n) is 33.0. The lowest BCUT2D eigenvalue weighted by molar-refractivity contribution is 0.413. The molecule has 9 nitrogen and oxygen atoms in total. The summed E-state index contributed by atoms with van der Waals surface area (Å²) in [6, 6.07) is 41.1. The van der Waals surface area contributed by atoms with E-state index in [1.54, 1.807) is 54.6 Å². The number of rotatable bonds is 12. The normalized spacial score (nSPS) is 15.1. The fourth-order valence-electron chi connectivity index (χ4n) is 7.62. The van der Waals surface area contributed by atoms with Crippen molar-refractivity contribution < 1.29 is 14.2 Å². The van der Waals surface area contributed by atoms with E-state index in [1.807, 2.05) is 30.3 Å². The van der Waals surface area contributed by atoms with Crippen LogP contribution >= 0.6 is 0 Å². The molecule has 7 rings (SSSR count). The first kappa shape index (κ1) is 39.0. The Hall–Kier alpha value is -7.26. The van der Waals surface area contributed by atoms with Crippen LogP contribution in [0.25, 0.3) is 0 Å². The van der Waals surface area contributed by atoms with Crippen LogP contribution in [0, 0.1) is 5.92 Å². The van der Waals surface area contributed by atoms with E-state index < -0.39 is 5.41 Å². The van der Waals surface area contributed by atoms with Crippen LogP contribution < -0.4 is 48.6 Å². The Bertz CT molecular complexity index is 2510. The van der Waals surface area contributed by atoms with Gasteiger partial charge in [-0.25, -0.2) is 0 Å². The van der Waals surface area contributed by atoms with Gasteiger partial charge < -0.3 is 48.6 Å². The monoisotopic (exact) mass is 770 g/mol. The highest BCUT2D eigenvalue weighted by molar-refractivity contribution is 5.64. The van der Waals surface area contributed by atoms with Crippen LogP contribution in [0.1, 0.15) is 49.4 Å². The first-order valence-corrected chi connectivity index (χ1v) is 19.2. The second-order valence-electron chi connectivity index (χ2n) is 15.1. The number of allylic oxidation sites excluding steroid dienone is 5. The third kappa shape index (κ3) is 8.01. The van der Waals surface area contributed by atoms with E-state index >= 15 is 0 Å². The lowest BCUT2D eigenvalue weighted by atomic mass is 9.63. The lowest BCUT2D eigenvalue weighted by Gasteiger charge is -2.40. The quantitative estimate of drug-likeness (QED) is 0.0520. The minimum Gasteiger partial charge on any atom is -0.456 e. The van der Waals surface area contributed by atoms with Gasteiger partial charge in [0.05, 0.1) is 17.1 Å². The molecule has 9 heteroatoms. The first-order valence-electron chi connectivity index (χ1n) is 19.2. The summed E-state index contributed by atoms with van der Waals surface area (Å²) >= 11 is 0. The van der Waals surface area contributed by atoms with Crippen molar-refractivity contribution in [3.8, 4) is 28.7 Å². The van der Waals surface area contributed by atoms with Crippen molar-refractivity contribution in [1.29, 1.82) is 0 Å². The minimum absolute atomic E-state index is 0.0285. The second kappa shape index (κ2) is 16.1. The Morgan fingerprint density at radius 1 is 0.517 bits per heavy atom. The Balaban J connectivity index is 1.20. The molecule has 0 saturated carbocycles. The van der Waals surface area contributed by atoms with Crippen LogP contribution in [-0.4, -0.2) is 0 Å². The maximum atomic E-state index is 6.23. The smallest absolute Gasteiger partial charge is 0.150 e. The van der Waals surface area contributed by atoms with Gasteiger partial charge in [-0.15, -0.1) is 0 Å². The minimum atomic E-state index is -0.558. The molecule has 0 saturated heterocycles. The summed E-state index contributed by atoms with van der Waals surface area (Å²) < 4.78 is 18.5. The number of nitrogens with two attached hydrogens (primary N) is 6. The summed E-state index contributed by atoms with van der Waals surface area (Å²) in [6.07, 6.45) is 11.5. The Morgan fingerprint density at radius 2 is 0.914 bits per heavy atom. The molecule has 6 aromatic rings. The zero-order chi connectivity index (χ0) is 41.0. The molecular formula is C49H50N6O3. The van der Waals surface area contributed by atoms with Crippen LogP contribution in [0.4, 0.5) is 34.1 Å². The topological polar surface area (TPSA) is 184 Å². The molecule has 0 radical (unpaired) electrons.